The molecule has 2 aromatic heterocycles. The van der Waals surface area contributed by atoms with E-state index in [1.165, 1.54) is 116 Å². The first-order chi connectivity index (χ1) is 29.9. The minimum absolute atomic E-state index is 0.00451. The fraction of sp³-hybridized carbons (Fsp3) is 0.254. The molecule has 3 nitrogen and oxygen atoms in total. The largest absolute Gasteiger partial charge is 0.375 e. The Morgan fingerprint density at radius 3 is 1.78 bits per heavy atom. The highest BCUT2D eigenvalue weighted by atomic mass is 15.2. The lowest BCUT2D eigenvalue weighted by Crippen LogP contribution is -2.50. The summed E-state index contributed by atoms with van der Waals surface area (Å²) in [7, 11) is 0. The summed E-state index contributed by atoms with van der Waals surface area (Å²) in [6.45, 7) is 26.1. The number of anilines is 2. The average molecular weight is 818 g/mol. The number of rotatable bonds is 2. The SMILES string of the molecule is CC(C)(C)c1ccc(N2C3=C(B4c5c(cc(C(C)(C)C)cc52)-c2c5c6ccccc6n(-c6ccccc6)c5cc5c6ccccc6n4c25)c2cc(C(C)(C)C)ccc2C3(C)C)cc1. The highest BCUT2D eigenvalue weighted by Gasteiger charge is 2.53. The Morgan fingerprint density at radius 1 is 0.492 bits per heavy atom. The lowest BCUT2D eigenvalue weighted by Gasteiger charge is -2.44. The van der Waals surface area contributed by atoms with E-state index < -0.39 is 0 Å². The first-order valence-corrected chi connectivity index (χ1v) is 23.0. The van der Waals surface area contributed by atoms with Crippen molar-refractivity contribution in [2.24, 2.45) is 0 Å². The van der Waals surface area contributed by atoms with E-state index in [4.69, 9.17) is 0 Å². The molecule has 0 bridgehead atoms. The highest BCUT2D eigenvalue weighted by molar-refractivity contribution is 6.93. The Kier molecular flexibility index (Phi) is 7.61. The van der Waals surface area contributed by atoms with E-state index >= 15 is 0 Å². The summed E-state index contributed by atoms with van der Waals surface area (Å²) in [6.07, 6.45) is 0. The molecule has 0 unspecified atom stereocenters. The van der Waals surface area contributed by atoms with Crippen molar-refractivity contribution in [2.75, 3.05) is 4.90 Å². The molecule has 0 amide bonds. The second kappa shape index (κ2) is 12.5. The van der Waals surface area contributed by atoms with E-state index in [0.29, 0.717) is 0 Å². The molecule has 63 heavy (non-hydrogen) atoms. The van der Waals surface area contributed by atoms with Crippen LogP contribution in [-0.4, -0.2) is 15.9 Å². The van der Waals surface area contributed by atoms with Gasteiger partial charge in [-0.1, -0.05) is 167 Å². The molecule has 2 aliphatic heterocycles. The summed E-state index contributed by atoms with van der Waals surface area (Å²) in [5.41, 5.74) is 22.2. The van der Waals surface area contributed by atoms with Crippen LogP contribution in [0.4, 0.5) is 11.4 Å². The lowest BCUT2D eigenvalue weighted by molar-refractivity contribution is 0.586. The number of hydrogen-bond acceptors (Lipinski definition) is 1. The predicted molar refractivity (Wildman–Crippen MR) is 271 cm³/mol. The maximum absolute atomic E-state index is 2.78. The molecular weight excluding hydrogens is 761 g/mol. The standard InChI is InChI=1S/C59H56BN3/c1-56(2,3)35-25-28-39(29-26-35)62-49-33-37(58(7,8)9)32-44-51-50-41-22-16-17-23-46(41)61(38-19-13-12-14-20-38)48(50)34-42-40-21-15-18-24-47(40)63(54(42)51)60(52(44)49)53-43-31-36(57(4,5)6)27-30-45(43)59(10,11)55(53)62/h12-34H,1-11H3. The second-order valence-electron chi connectivity index (χ2n) is 22.3. The van der Waals surface area contributed by atoms with Gasteiger partial charge in [-0.15, -0.1) is 0 Å². The molecule has 4 heterocycles. The van der Waals surface area contributed by atoms with E-state index in [9.17, 15) is 0 Å². The van der Waals surface area contributed by atoms with Gasteiger partial charge in [0, 0.05) is 66.3 Å². The van der Waals surface area contributed by atoms with Gasteiger partial charge in [-0.2, -0.15) is 0 Å². The zero-order valence-electron chi connectivity index (χ0n) is 38.7. The summed E-state index contributed by atoms with van der Waals surface area (Å²) in [6, 6.07) is 53.9. The zero-order valence-corrected chi connectivity index (χ0v) is 38.7. The Labute approximate surface area is 372 Å². The van der Waals surface area contributed by atoms with Gasteiger partial charge in [0.05, 0.1) is 11.0 Å². The van der Waals surface area contributed by atoms with Gasteiger partial charge in [-0.3, -0.25) is 0 Å². The predicted octanol–water partition coefficient (Wildman–Crippen LogP) is 14.9. The van der Waals surface area contributed by atoms with Crippen LogP contribution in [0.3, 0.4) is 0 Å². The molecule has 0 N–H and O–H groups in total. The number of aromatic nitrogens is 2. The second-order valence-corrected chi connectivity index (χ2v) is 22.3. The van der Waals surface area contributed by atoms with Crippen molar-refractivity contribution in [3.63, 3.8) is 0 Å². The molecule has 4 heteroatoms. The minimum Gasteiger partial charge on any atom is -0.375 e. The minimum atomic E-state index is -0.283. The van der Waals surface area contributed by atoms with Gasteiger partial charge < -0.3 is 13.9 Å². The third-order valence-electron chi connectivity index (χ3n) is 14.9. The third kappa shape index (κ3) is 5.15. The molecule has 0 fully saturated rings. The van der Waals surface area contributed by atoms with Crippen molar-refractivity contribution in [3.05, 3.63) is 173 Å². The molecule has 0 saturated carbocycles. The maximum atomic E-state index is 2.78. The Hall–Kier alpha value is -6.26. The number of nitrogens with zero attached hydrogens (tertiary/aromatic N) is 3. The molecule has 1 aliphatic carbocycles. The highest BCUT2D eigenvalue weighted by Crippen LogP contribution is 2.58. The van der Waals surface area contributed by atoms with Crippen LogP contribution in [0, 0.1) is 0 Å². The van der Waals surface area contributed by atoms with Gasteiger partial charge in [0.2, 0.25) is 0 Å². The van der Waals surface area contributed by atoms with Crippen LogP contribution in [0.2, 0.25) is 0 Å². The van der Waals surface area contributed by atoms with Crippen molar-refractivity contribution >= 4 is 72.8 Å². The first kappa shape index (κ1) is 38.4. The molecule has 0 radical (unpaired) electrons. The molecule has 12 rings (SSSR count). The van der Waals surface area contributed by atoms with Crippen molar-refractivity contribution in [3.8, 4) is 16.8 Å². The summed E-state index contributed by atoms with van der Waals surface area (Å²) < 4.78 is 5.29. The normalized spacial score (nSPS) is 15.5. The van der Waals surface area contributed by atoms with Gasteiger partial charge in [0.25, 0.3) is 0 Å². The fourth-order valence-corrected chi connectivity index (χ4v) is 11.7. The first-order valence-electron chi connectivity index (χ1n) is 23.0. The van der Waals surface area contributed by atoms with Crippen molar-refractivity contribution < 1.29 is 0 Å². The number of allylic oxidation sites excluding steroid dienone is 1. The quantitative estimate of drug-likeness (QED) is 0.158. The molecule has 7 aromatic carbocycles. The third-order valence-corrected chi connectivity index (χ3v) is 14.9. The molecule has 0 saturated heterocycles. The van der Waals surface area contributed by atoms with Crippen LogP contribution in [0.5, 0.6) is 0 Å². The number of hydrogen-bond donors (Lipinski definition) is 0. The van der Waals surface area contributed by atoms with E-state index in [-0.39, 0.29) is 28.5 Å². The number of benzene rings is 7. The molecule has 0 spiro atoms. The van der Waals surface area contributed by atoms with Gasteiger partial charge in [-0.25, -0.2) is 0 Å². The lowest BCUT2D eigenvalue weighted by atomic mass is 9.43. The van der Waals surface area contributed by atoms with Crippen molar-refractivity contribution in [2.45, 2.75) is 97.8 Å². The van der Waals surface area contributed by atoms with Crippen LogP contribution in [-0.2, 0) is 21.7 Å². The van der Waals surface area contributed by atoms with Crippen LogP contribution in [0.15, 0.2) is 145 Å². The molecular formula is C59H56BN3. The van der Waals surface area contributed by atoms with E-state index in [2.05, 4.69) is 230 Å². The molecule has 0 atom stereocenters. The summed E-state index contributed by atoms with van der Waals surface area (Å²) in [5.74, 6) is 0. The van der Waals surface area contributed by atoms with E-state index in [0.717, 1.165) is 0 Å². The van der Waals surface area contributed by atoms with Crippen LogP contribution in [0.25, 0.3) is 65.9 Å². The Bertz CT molecular complexity index is 3460. The molecule has 3 aliphatic rings. The zero-order chi connectivity index (χ0) is 43.7. The van der Waals surface area contributed by atoms with E-state index in [1.807, 2.05) is 0 Å². The van der Waals surface area contributed by atoms with Gasteiger partial charge >= 0.3 is 6.85 Å². The van der Waals surface area contributed by atoms with Gasteiger partial charge in [-0.05, 0) is 109 Å². The summed E-state index contributed by atoms with van der Waals surface area (Å²) >= 11 is 0. The van der Waals surface area contributed by atoms with Gasteiger partial charge in [0.15, 0.2) is 0 Å². The Balaban J connectivity index is 1.32. The van der Waals surface area contributed by atoms with E-state index in [1.54, 1.807) is 0 Å². The molecule has 310 valence electrons. The molecule has 9 aromatic rings. The van der Waals surface area contributed by atoms with Gasteiger partial charge in [0.1, 0.15) is 0 Å². The topological polar surface area (TPSA) is 13.1 Å². The smallest absolute Gasteiger partial charge is 0.333 e. The fourth-order valence-electron chi connectivity index (χ4n) is 11.7. The monoisotopic (exact) mass is 817 g/mol. The van der Waals surface area contributed by atoms with Crippen LogP contribution >= 0.6 is 0 Å². The van der Waals surface area contributed by atoms with Crippen LogP contribution < -0.4 is 10.4 Å². The van der Waals surface area contributed by atoms with Crippen LogP contribution in [0.1, 0.15) is 104 Å². The van der Waals surface area contributed by atoms with Crippen molar-refractivity contribution in [1.82, 2.24) is 9.05 Å². The summed E-state index contributed by atoms with van der Waals surface area (Å²) in [4.78, 5) is 2.70. The maximum Gasteiger partial charge on any atom is 0.333 e. The number of fused-ring (bicyclic) bond motifs is 12. The van der Waals surface area contributed by atoms with Crippen molar-refractivity contribution in [1.29, 1.82) is 0 Å². The Morgan fingerprint density at radius 2 is 1.10 bits per heavy atom. The average Bonchev–Trinajstić information content (AvgIpc) is 3.84. The summed E-state index contributed by atoms with van der Waals surface area (Å²) in [5, 5.41) is 5.21. The number of para-hydroxylation sites is 3.